The summed E-state index contributed by atoms with van der Waals surface area (Å²) < 4.78 is 26.6. The van der Waals surface area contributed by atoms with Gasteiger partial charge in [-0.25, -0.2) is 13.4 Å². The third-order valence-electron chi connectivity index (χ3n) is 2.67. The van der Waals surface area contributed by atoms with E-state index < -0.39 is 22.0 Å². The average Bonchev–Trinajstić information content (AvgIpc) is 2.46. The molecule has 1 aromatic carbocycles. The van der Waals surface area contributed by atoms with E-state index in [4.69, 9.17) is 11.6 Å². The van der Waals surface area contributed by atoms with Crippen molar-refractivity contribution in [1.82, 2.24) is 9.71 Å². The lowest BCUT2D eigenvalue weighted by molar-refractivity contribution is -0.139. The summed E-state index contributed by atoms with van der Waals surface area (Å²) in [6, 6.07) is 9.23. The maximum atomic E-state index is 12.2. The third kappa shape index (κ3) is 3.57. The molecule has 110 valence electrons. The second kappa shape index (κ2) is 6.21. The van der Waals surface area contributed by atoms with Crippen molar-refractivity contribution in [3.8, 4) is 0 Å². The lowest BCUT2D eigenvalue weighted by atomic mass is 10.1. The van der Waals surface area contributed by atoms with Crippen LogP contribution < -0.4 is 4.72 Å². The second-order valence-corrected chi connectivity index (χ2v) is 6.14. The van der Waals surface area contributed by atoms with Gasteiger partial charge in [0.25, 0.3) is 0 Å². The first-order valence-electron chi connectivity index (χ1n) is 5.82. The van der Waals surface area contributed by atoms with Crippen molar-refractivity contribution in [2.75, 3.05) is 0 Å². The molecule has 1 aromatic heterocycles. The molecule has 0 radical (unpaired) electrons. The van der Waals surface area contributed by atoms with Crippen LogP contribution >= 0.6 is 11.6 Å². The highest BCUT2D eigenvalue weighted by Crippen LogP contribution is 2.21. The number of halogens is 1. The molecule has 8 heteroatoms. The van der Waals surface area contributed by atoms with Crippen LogP contribution in [-0.4, -0.2) is 24.5 Å². The normalized spacial score (nSPS) is 12.8. The number of nitrogens with zero attached hydrogens (tertiary/aromatic N) is 1. The largest absolute Gasteiger partial charge is 0.480 e. The first kappa shape index (κ1) is 15.4. The van der Waals surface area contributed by atoms with Gasteiger partial charge < -0.3 is 5.11 Å². The molecule has 6 nitrogen and oxygen atoms in total. The fourth-order valence-electron chi connectivity index (χ4n) is 1.70. The Labute approximate surface area is 126 Å². The standard InChI is InChI=1S/C13H11ClN2O4S/c14-12-10(7-4-8-15-12)21(19,20)16-11(13(17)18)9-5-2-1-3-6-9/h1-8,11,16H,(H,17,18). The quantitative estimate of drug-likeness (QED) is 0.817. The first-order chi connectivity index (χ1) is 9.92. The summed E-state index contributed by atoms with van der Waals surface area (Å²) in [4.78, 5) is 14.7. The predicted octanol–water partition coefficient (Wildman–Crippen LogP) is 1.84. The van der Waals surface area contributed by atoms with Crippen LogP contribution in [0.5, 0.6) is 0 Å². The Morgan fingerprint density at radius 2 is 1.86 bits per heavy atom. The zero-order valence-electron chi connectivity index (χ0n) is 10.6. The van der Waals surface area contributed by atoms with Crippen molar-refractivity contribution < 1.29 is 18.3 Å². The number of carbonyl (C=O) groups is 1. The van der Waals surface area contributed by atoms with Crippen molar-refractivity contribution in [3.05, 3.63) is 59.4 Å². The molecule has 0 aliphatic heterocycles. The summed E-state index contributed by atoms with van der Waals surface area (Å²) in [5.41, 5.74) is 0.314. The lowest BCUT2D eigenvalue weighted by Crippen LogP contribution is -2.34. The zero-order chi connectivity index (χ0) is 15.5. The lowest BCUT2D eigenvalue weighted by Gasteiger charge is -2.15. The van der Waals surface area contributed by atoms with Crippen molar-refractivity contribution in [2.24, 2.45) is 0 Å². The van der Waals surface area contributed by atoms with Crippen LogP contribution in [0.15, 0.2) is 53.6 Å². The molecule has 0 amide bonds. The van der Waals surface area contributed by atoms with E-state index in [1.807, 2.05) is 0 Å². The van der Waals surface area contributed by atoms with Crippen molar-refractivity contribution in [2.45, 2.75) is 10.9 Å². The summed E-state index contributed by atoms with van der Waals surface area (Å²) in [5, 5.41) is 9.01. The Kier molecular flexibility index (Phi) is 4.56. The number of rotatable bonds is 5. The SMILES string of the molecule is O=C(O)C(NS(=O)(=O)c1cccnc1Cl)c1ccccc1. The molecular weight excluding hydrogens is 316 g/mol. The van der Waals surface area contributed by atoms with E-state index >= 15 is 0 Å². The molecule has 1 heterocycles. The molecule has 0 fully saturated rings. The number of carboxylic acids is 1. The number of aliphatic carboxylic acids is 1. The fraction of sp³-hybridized carbons (Fsp3) is 0.0769. The minimum Gasteiger partial charge on any atom is -0.480 e. The number of hydrogen-bond acceptors (Lipinski definition) is 4. The minimum atomic E-state index is -4.11. The van der Waals surface area contributed by atoms with Gasteiger partial charge in [-0.05, 0) is 17.7 Å². The van der Waals surface area contributed by atoms with Gasteiger partial charge in [0, 0.05) is 6.20 Å². The third-order valence-corrected chi connectivity index (χ3v) is 4.53. The van der Waals surface area contributed by atoms with Crippen molar-refractivity contribution in [3.63, 3.8) is 0 Å². The Morgan fingerprint density at radius 1 is 1.19 bits per heavy atom. The summed E-state index contributed by atoms with van der Waals surface area (Å²) in [6.07, 6.45) is 1.34. The van der Waals surface area contributed by atoms with E-state index in [0.717, 1.165) is 0 Å². The Hall–Kier alpha value is -1.96. The molecule has 0 aliphatic rings. The zero-order valence-corrected chi connectivity index (χ0v) is 12.2. The number of carboxylic acid groups (broad SMARTS) is 1. The van der Waals surface area contributed by atoms with Crippen LogP contribution in [0, 0.1) is 0 Å². The van der Waals surface area contributed by atoms with Crippen LogP contribution in [0.3, 0.4) is 0 Å². The van der Waals surface area contributed by atoms with E-state index in [1.54, 1.807) is 18.2 Å². The maximum Gasteiger partial charge on any atom is 0.326 e. The van der Waals surface area contributed by atoms with Crippen molar-refractivity contribution in [1.29, 1.82) is 0 Å². The Balaban J connectivity index is 2.38. The molecule has 2 aromatic rings. The summed E-state index contributed by atoms with van der Waals surface area (Å²) in [7, 11) is -4.11. The molecule has 0 bridgehead atoms. The Morgan fingerprint density at radius 3 is 2.43 bits per heavy atom. The maximum absolute atomic E-state index is 12.2. The summed E-state index contributed by atoms with van der Waals surface area (Å²) >= 11 is 5.74. The predicted molar refractivity (Wildman–Crippen MR) is 76.4 cm³/mol. The highest BCUT2D eigenvalue weighted by molar-refractivity contribution is 7.89. The second-order valence-electron chi connectivity index (χ2n) is 4.10. The number of pyridine rings is 1. The smallest absolute Gasteiger partial charge is 0.326 e. The molecule has 0 saturated heterocycles. The van der Waals surface area contributed by atoms with E-state index in [1.165, 1.54) is 30.5 Å². The number of sulfonamides is 1. The van der Waals surface area contributed by atoms with Gasteiger partial charge in [-0.3, -0.25) is 4.79 Å². The number of aromatic nitrogens is 1. The van der Waals surface area contributed by atoms with Crippen molar-refractivity contribution >= 4 is 27.6 Å². The van der Waals surface area contributed by atoms with Crippen LogP contribution in [0.25, 0.3) is 0 Å². The van der Waals surface area contributed by atoms with E-state index in [-0.39, 0.29) is 10.0 Å². The van der Waals surface area contributed by atoms with Gasteiger partial charge in [0.15, 0.2) is 0 Å². The van der Waals surface area contributed by atoms with Crippen LogP contribution in [0.2, 0.25) is 5.15 Å². The highest BCUT2D eigenvalue weighted by atomic mass is 35.5. The molecule has 0 aliphatic carbocycles. The van der Waals surface area contributed by atoms with Gasteiger partial charge in [-0.2, -0.15) is 4.72 Å². The Bertz CT molecular complexity index is 750. The molecule has 0 saturated carbocycles. The van der Waals surface area contributed by atoms with Gasteiger partial charge in [-0.1, -0.05) is 41.9 Å². The molecule has 2 N–H and O–H groups in total. The number of nitrogens with one attached hydrogen (secondary N) is 1. The molecular formula is C13H11ClN2O4S. The molecule has 0 spiro atoms. The van der Waals surface area contributed by atoms with Crippen LogP contribution in [0.4, 0.5) is 0 Å². The number of benzene rings is 1. The van der Waals surface area contributed by atoms with E-state index in [0.29, 0.717) is 5.56 Å². The molecule has 2 rings (SSSR count). The summed E-state index contributed by atoms with van der Waals surface area (Å²) in [6.45, 7) is 0. The minimum absolute atomic E-state index is 0.220. The molecule has 1 unspecified atom stereocenters. The van der Waals surface area contributed by atoms with Gasteiger partial charge in [-0.15, -0.1) is 0 Å². The van der Waals surface area contributed by atoms with Gasteiger partial charge in [0.2, 0.25) is 10.0 Å². The summed E-state index contributed by atoms with van der Waals surface area (Å²) in [5.74, 6) is -1.32. The number of hydrogen-bond donors (Lipinski definition) is 2. The fourth-order valence-corrected chi connectivity index (χ4v) is 3.33. The van der Waals surface area contributed by atoms with Crippen LogP contribution in [0.1, 0.15) is 11.6 Å². The van der Waals surface area contributed by atoms with E-state index in [9.17, 15) is 18.3 Å². The average molecular weight is 327 g/mol. The van der Waals surface area contributed by atoms with Gasteiger partial charge in [0.1, 0.15) is 16.1 Å². The van der Waals surface area contributed by atoms with Gasteiger partial charge in [0.05, 0.1) is 0 Å². The topological polar surface area (TPSA) is 96.4 Å². The van der Waals surface area contributed by atoms with E-state index in [2.05, 4.69) is 9.71 Å². The molecule has 1 atom stereocenters. The first-order valence-corrected chi connectivity index (χ1v) is 7.68. The van der Waals surface area contributed by atoms with Gasteiger partial charge >= 0.3 is 5.97 Å². The molecule has 21 heavy (non-hydrogen) atoms. The highest BCUT2D eigenvalue weighted by Gasteiger charge is 2.28. The van der Waals surface area contributed by atoms with Crippen LogP contribution in [-0.2, 0) is 14.8 Å². The monoisotopic (exact) mass is 326 g/mol.